The second-order valence-electron chi connectivity index (χ2n) is 3.29. The summed E-state index contributed by atoms with van der Waals surface area (Å²) in [4.78, 5) is 13.2. The summed E-state index contributed by atoms with van der Waals surface area (Å²) in [5.41, 5.74) is 5.48. The van der Waals surface area contributed by atoms with Gasteiger partial charge in [-0.3, -0.25) is 4.79 Å². The maximum absolute atomic E-state index is 11.4. The van der Waals surface area contributed by atoms with E-state index in [1.807, 2.05) is 0 Å². The number of likely N-dealkylation sites (tertiary alicyclic amines) is 1. The van der Waals surface area contributed by atoms with E-state index >= 15 is 0 Å². The number of nitrogens with two attached hydrogens (primary N) is 1. The van der Waals surface area contributed by atoms with E-state index < -0.39 is 0 Å². The molecule has 70 valence electrons. The molecule has 2 N–H and O–H groups in total. The van der Waals surface area contributed by atoms with Gasteiger partial charge in [-0.15, -0.1) is 11.6 Å². The predicted octanol–water partition coefficient (Wildman–Crippen LogP) is 0.563. The van der Waals surface area contributed by atoms with Gasteiger partial charge in [0.15, 0.2) is 0 Å². The third-order valence-electron chi connectivity index (χ3n) is 2.13. The smallest absolute Gasteiger partial charge is 0.239 e. The van der Waals surface area contributed by atoms with Crippen LogP contribution in [0, 0.1) is 0 Å². The summed E-state index contributed by atoms with van der Waals surface area (Å²) in [6.07, 6.45) is 1.78. The zero-order valence-corrected chi connectivity index (χ0v) is 8.05. The van der Waals surface area contributed by atoms with Gasteiger partial charge in [0, 0.05) is 18.5 Å². The van der Waals surface area contributed by atoms with E-state index in [1.54, 1.807) is 11.8 Å². The van der Waals surface area contributed by atoms with Crippen molar-refractivity contribution < 1.29 is 4.79 Å². The molecular weight excluding hydrogens is 176 g/mol. The molecule has 3 nitrogen and oxygen atoms in total. The molecule has 0 aliphatic carbocycles. The molecule has 1 heterocycles. The highest BCUT2D eigenvalue weighted by atomic mass is 35.5. The lowest BCUT2D eigenvalue weighted by molar-refractivity contribution is -0.133. The Kier molecular flexibility index (Phi) is 3.35. The summed E-state index contributed by atoms with van der Waals surface area (Å²) in [7, 11) is 0. The Hall–Kier alpha value is -0.280. The predicted molar refractivity (Wildman–Crippen MR) is 49.1 cm³/mol. The highest BCUT2D eigenvalue weighted by molar-refractivity contribution is 6.20. The average Bonchev–Trinajstić information content (AvgIpc) is 2.04. The van der Waals surface area contributed by atoms with E-state index in [2.05, 4.69) is 0 Å². The Balaban J connectivity index is 2.39. The number of alkyl halides is 1. The number of nitrogens with zero attached hydrogens (tertiary/aromatic N) is 1. The van der Waals surface area contributed by atoms with Gasteiger partial charge in [-0.25, -0.2) is 0 Å². The van der Waals surface area contributed by atoms with Gasteiger partial charge in [0.25, 0.3) is 0 Å². The number of carbonyl (C=O) groups excluding carboxylic acids is 1. The van der Waals surface area contributed by atoms with Crippen molar-refractivity contribution in [1.82, 2.24) is 4.90 Å². The van der Waals surface area contributed by atoms with Crippen LogP contribution in [0.2, 0.25) is 0 Å². The van der Waals surface area contributed by atoms with Gasteiger partial charge in [0.1, 0.15) is 0 Å². The standard InChI is InChI=1S/C8H15ClN2O/c1-6(10)8(12)11-4-2-7(9)3-5-11/h6-7H,2-5,10H2,1H3. The zero-order valence-electron chi connectivity index (χ0n) is 7.29. The Morgan fingerprint density at radius 2 is 2.08 bits per heavy atom. The molecule has 0 saturated carbocycles. The lowest BCUT2D eigenvalue weighted by atomic mass is 10.1. The van der Waals surface area contributed by atoms with Gasteiger partial charge in [-0.05, 0) is 19.8 Å². The molecule has 0 aromatic rings. The lowest BCUT2D eigenvalue weighted by Crippen LogP contribution is -2.46. The van der Waals surface area contributed by atoms with Crippen molar-refractivity contribution in [2.75, 3.05) is 13.1 Å². The molecule has 1 rings (SSSR count). The fourth-order valence-electron chi connectivity index (χ4n) is 1.36. The summed E-state index contributed by atoms with van der Waals surface area (Å²) in [5.74, 6) is 0.0403. The van der Waals surface area contributed by atoms with Gasteiger partial charge in [-0.2, -0.15) is 0 Å². The molecule has 1 aliphatic heterocycles. The van der Waals surface area contributed by atoms with Crippen molar-refractivity contribution in [1.29, 1.82) is 0 Å². The van der Waals surface area contributed by atoms with Crippen LogP contribution in [0.15, 0.2) is 0 Å². The topological polar surface area (TPSA) is 46.3 Å². The van der Waals surface area contributed by atoms with Crippen LogP contribution in [0.5, 0.6) is 0 Å². The second-order valence-corrected chi connectivity index (χ2v) is 3.91. The molecule has 1 atom stereocenters. The molecule has 0 radical (unpaired) electrons. The van der Waals surface area contributed by atoms with Crippen molar-refractivity contribution >= 4 is 17.5 Å². The van der Waals surface area contributed by atoms with E-state index in [4.69, 9.17) is 17.3 Å². The van der Waals surface area contributed by atoms with Crippen LogP contribution >= 0.6 is 11.6 Å². The summed E-state index contributed by atoms with van der Waals surface area (Å²) in [5, 5.41) is 0.238. The number of hydrogen-bond acceptors (Lipinski definition) is 2. The monoisotopic (exact) mass is 190 g/mol. The van der Waals surface area contributed by atoms with Crippen molar-refractivity contribution in [3.05, 3.63) is 0 Å². The average molecular weight is 191 g/mol. The minimum atomic E-state index is -0.378. The number of amides is 1. The maximum atomic E-state index is 11.4. The van der Waals surface area contributed by atoms with Crippen LogP contribution in [0.4, 0.5) is 0 Å². The fourth-order valence-corrected chi connectivity index (χ4v) is 1.55. The molecule has 1 saturated heterocycles. The number of rotatable bonds is 1. The third-order valence-corrected chi connectivity index (χ3v) is 2.56. The molecule has 1 fully saturated rings. The fraction of sp³-hybridized carbons (Fsp3) is 0.875. The van der Waals surface area contributed by atoms with Gasteiger partial charge in [-0.1, -0.05) is 0 Å². The highest BCUT2D eigenvalue weighted by Crippen LogP contribution is 2.15. The number of carbonyl (C=O) groups is 1. The van der Waals surface area contributed by atoms with E-state index in [0.29, 0.717) is 0 Å². The van der Waals surface area contributed by atoms with Crippen molar-refractivity contribution in [2.24, 2.45) is 5.73 Å². The first-order valence-corrected chi connectivity index (χ1v) is 4.73. The van der Waals surface area contributed by atoms with E-state index in [-0.39, 0.29) is 17.3 Å². The Bertz CT molecular complexity index is 164. The van der Waals surface area contributed by atoms with E-state index in [9.17, 15) is 4.79 Å². The van der Waals surface area contributed by atoms with Crippen molar-refractivity contribution in [3.8, 4) is 0 Å². The summed E-state index contributed by atoms with van der Waals surface area (Å²) >= 11 is 5.90. The molecule has 0 aromatic heterocycles. The minimum Gasteiger partial charge on any atom is -0.341 e. The molecule has 4 heteroatoms. The first-order valence-electron chi connectivity index (χ1n) is 4.29. The van der Waals surface area contributed by atoms with Crippen LogP contribution in [0.3, 0.4) is 0 Å². The van der Waals surface area contributed by atoms with E-state index in [1.165, 1.54) is 0 Å². The van der Waals surface area contributed by atoms with Crippen LogP contribution in [-0.4, -0.2) is 35.3 Å². The zero-order chi connectivity index (χ0) is 9.14. The summed E-state index contributed by atoms with van der Waals surface area (Å²) in [6, 6.07) is -0.378. The van der Waals surface area contributed by atoms with E-state index in [0.717, 1.165) is 25.9 Å². The largest absolute Gasteiger partial charge is 0.341 e. The molecule has 1 unspecified atom stereocenters. The van der Waals surface area contributed by atoms with Crippen LogP contribution in [0.1, 0.15) is 19.8 Å². The van der Waals surface area contributed by atoms with Crippen molar-refractivity contribution in [2.45, 2.75) is 31.2 Å². The van der Waals surface area contributed by atoms with Crippen LogP contribution in [0.25, 0.3) is 0 Å². The first kappa shape index (κ1) is 9.81. The Morgan fingerprint density at radius 1 is 1.58 bits per heavy atom. The normalized spacial score (nSPS) is 22.4. The van der Waals surface area contributed by atoms with Crippen LogP contribution < -0.4 is 5.73 Å². The second kappa shape index (κ2) is 4.10. The molecule has 1 amide bonds. The maximum Gasteiger partial charge on any atom is 0.239 e. The third kappa shape index (κ3) is 2.35. The molecule has 12 heavy (non-hydrogen) atoms. The Morgan fingerprint density at radius 3 is 2.50 bits per heavy atom. The van der Waals surface area contributed by atoms with Gasteiger partial charge in [0.2, 0.25) is 5.91 Å². The van der Waals surface area contributed by atoms with Crippen molar-refractivity contribution in [3.63, 3.8) is 0 Å². The summed E-state index contributed by atoms with van der Waals surface area (Å²) < 4.78 is 0. The van der Waals surface area contributed by atoms with Gasteiger partial charge < -0.3 is 10.6 Å². The Labute approximate surface area is 77.9 Å². The number of hydrogen-bond donors (Lipinski definition) is 1. The number of halogens is 1. The number of piperidine rings is 1. The molecular formula is C8H15ClN2O. The van der Waals surface area contributed by atoms with Crippen LogP contribution in [-0.2, 0) is 4.79 Å². The molecule has 1 aliphatic rings. The summed E-state index contributed by atoms with van der Waals surface area (Å²) in [6.45, 7) is 3.23. The molecule has 0 aromatic carbocycles. The molecule has 0 bridgehead atoms. The lowest BCUT2D eigenvalue weighted by Gasteiger charge is -2.30. The SMILES string of the molecule is CC(N)C(=O)N1CCC(Cl)CC1. The van der Waals surface area contributed by atoms with Gasteiger partial charge in [0.05, 0.1) is 6.04 Å². The first-order chi connectivity index (χ1) is 5.61. The minimum absolute atomic E-state index is 0.0403. The quantitative estimate of drug-likeness (QED) is 0.615. The van der Waals surface area contributed by atoms with Gasteiger partial charge >= 0.3 is 0 Å². The molecule has 0 spiro atoms. The highest BCUT2D eigenvalue weighted by Gasteiger charge is 2.22.